The maximum absolute atomic E-state index is 12.1. The van der Waals surface area contributed by atoms with Crippen molar-refractivity contribution in [3.05, 3.63) is 77.3 Å². The summed E-state index contributed by atoms with van der Waals surface area (Å²) in [6.07, 6.45) is 0. The lowest BCUT2D eigenvalue weighted by atomic mass is 10.2. The second-order valence-electron chi connectivity index (χ2n) is 6.28. The fourth-order valence-corrected chi connectivity index (χ4v) is 2.68. The summed E-state index contributed by atoms with van der Waals surface area (Å²) in [5, 5.41) is 3.45. The molecule has 0 heterocycles. The number of aryl methyl sites for hydroxylation is 1. The van der Waals surface area contributed by atoms with Crippen LogP contribution in [0.2, 0.25) is 5.02 Å². The molecule has 0 aromatic heterocycles. The Labute approximate surface area is 175 Å². The third-order valence-electron chi connectivity index (χ3n) is 4.01. The molecule has 3 aromatic rings. The topological polar surface area (TPSA) is 56.8 Å². The number of halogens is 1. The molecule has 0 saturated carbocycles. The maximum Gasteiger partial charge on any atom is 0.262 e. The molecule has 0 aliphatic rings. The van der Waals surface area contributed by atoms with Gasteiger partial charge in [0.1, 0.15) is 23.0 Å². The highest BCUT2D eigenvalue weighted by Crippen LogP contribution is 2.25. The average Bonchev–Trinajstić information content (AvgIpc) is 2.72. The zero-order valence-electron chi connectivity index (χ0n) is 16.3. The lowest BCUT2D eigenvalue weighted by Crippen LogP contribution is -2.20. The van der Waals surface area contributed by atoms with Gasteiger partial charge in [0.05, 0.1) is 6.61 Å². The Morgan fingerprint density at radius 3 is 2.07 bits per heavy atom. The molecule has 0 fully saturated rings. The van der Waals surface area contributed by atoms with E-state index in [2.05, 4.69) is 5.32 Å². The van der Waals surface area contributed by atoms with E-state index in [4.69, 9.17) is 25.8 Å². The maximum atomic E-state index is 12.1. The average molecular weight is 412 g/mol. The highest BCUT2D eigenvalue weighted by Gasteiger charge is 2.06. The first-order chi connectivity index (χ1) is 14.0. The van der Waals surface area contributed by atoms with Gasteiger partial charge in [-0.1, -0.05) is 11.6 Å². The van der Waals surface area contributed by atoms with Crippen LogP contribution < -0.4 is 19.5 Å². The van der Waals surface area contributed by atoms with Gasteiger partial charge in [-0.25, -0.2) is 0 Å². The van der Waals surface area contributed by atoms with Gasteiger partial charge in [0.25, 0.3) is 5.91 Å². The molecule has 3 aromatic carbocycles. The molecule has 0 atom stereocenters. The largest absolute Gasteiger partial charge is 0.494 e. The van der Waals surface area contributed by atoms with Crippen LogP contribution in [0.3, 0.4) is 0 Å². The summed E-state index contributed by atoms with van der Waals surface area (Å²) in [6, 6.07) is 19.8. The Bertz CT molecular complexity index is 956. The molecule has 6 heteroatoms. The Hall–Kier alpha value is -3.18. The third kappa shape index (κ3) is 6.16. The monoisotopic (exact) mass is 411 g/mol. The van der Waals surface area contributed by atoms with E-state index in [1.165, 1.54) is 0 Å². The van der Waals surface area contributed by atoms with Gasteiger partial charge < -0.3 is 19.5 Å². The van der Waals surface area contributed by atoms with Crippen molar-refractivity contribution in [3.63, 3.8) is 0 Å². The van der Waals surface area contributed by atoms with Crippen LogP contribution in [0.25, 0.3) is 0 Å². The number of rotatable bonds is 8. The normalized spacial score (nSPS) is 10.3. The van der Waals surface area contributed by atoms with Crippen LogP contribution in [0.4, 0.5) is 5.69 Å². The number of benzene rings is 3. The summed E-state index contributed by atoms with van der Waals surface area (Å²) in [5.74, 6) is 2.52. The number of anilines is 1. The van der Waals surface area contributed by atoms with Gasteiger partial charge >= 0.3 is 0 Å². The second-order valence-corrected chi connectivity index (χ2v) is 6.69. The molecular weight excluding hydrogens is 390 g/mol. The minimum Gasteiger partial charge on any atom is -0.494 e. The van der Waals surface area contributed by atoms with E-state index in [1.807, 2.05) is 38.1 Å². The Morgan fingerprint density at radius 1 is 0.862 bits per heavy atom. The van der Waals surface area contributed by atoms with Crippen LogP contribution >= 0.6 is 11.6 Å². The minimum absolute atomic E-state index is 0.0918. The van der Waals surface area contributed by atoms with Gasteiger partial charge in [0, 0.05) is 10.7 Å². The number of hydrogen-bond donors (Lipinski definition) is 1. The zero-order valence-corrected chi connectivity index (χ0v) is 17.0. The SMILES string of the molecule is CCOc1ccc(Oc2ccc(NC(=O)COc3ccc(Cl)c(C)c3)cc2)cc1. The summed E-state index contributed by atoms with van der Waals surface area (Å²) in [5.41, 5.74) is 1.55. The molecule has 0 bridgehead atoms. The molecule has 0 radical (unpaired) electrons. The molecule has 1 amide bonds. The first-order valence-electron chi connectivity index (χ1n) is 9.23. The molecule has 0 aliphatic heterocycles. The summed E-state index contributed by atoms with van der Waals surface area (Å²) >= 11 is 5.98. The van der Waals surface area contributed by atoms with Crippen molar-refractivity contribution in [3.8, 4) is 23.0 Å². The van der Waals surface area contributed by atoms with Gasteiger partial charge in [-0.15, -0.1) is 0 Å². The number of carbonyl (C=O) groups excluding carboxylic acids is 1. The van der Waals surface area contributed by atoms with Gasteiger partial charge in [-0.05, 0) is 86.1 Å². The highest BCUT2D eigenvalue weighted by atomic mass is 35.5. The van der Waals surface area contributed by atoms with Crippen LogP contribution in [-0.4, -0.2) is 19.1 Å². The van der Waals surface area contributed by atoms with Crippen LogP contribution in [0.1, 0.15) is 12.5 Å². The fraction of sp³-hybridized carbons (Fsp3) is 0.174. The van der Waals surface area contributed by atoms with Crippen LogP contribution in [0, 0.1) is 6.92 Å². The Morgan fingerprint density at radius 2 is 1.45 bits per heavy atom. The highest BCUT2D eigenvalue weighted by molar-refractivity contribution is 6.31. The Balaban J connectivity index is 1.50. The predicted octanol–water partition coefficient (Wildman–Crippen LogP) is 5.86. The first-order valence-corrected chi connectivity index (χ1v) is 9.61. The first kappa shape index (κ1) is 20.6. The second kappa shape index (κ2) is 9.85. The molecule has 0 spiro atoms. The van der Waals surface area contributed by atoms with E-state index in [0.29, 0.717) is 34.6 Å². The van der Waals surface area contributed by atoms with Crippen LogP contribution in [0.5, 0.6) is 23.0 Å². The van der Waals surface area contributed by atoms with Crippen molar-refractivity contribution in [1.82, 2.24) is 0 Å². The van der Waals surface area contributed by atoms with Crippen molar-refractivity contribution >= 4 is 23.2 Å². The van der Waals surface area contributed by atoms with Crippen molar-refractivity contribution in [2.75, 3.05) is 18.5 Å². The van der Waals surface area contributed by atoms with Gasteiger partial charge in [-0.3, -0.25) is 4.79 Å². The molecule has 5 nitrogen and oxygen atoms in total. The summed E-state index contributed by atoms with van der Waals surface area (Å²) in [7, 11) is 0. The molecule has 1 N–H and O–H groups in total. The number of hydrogen-bond acceptors (Lipinski definition) is 4. The van der Waals surface area contributed by atoms with Gasteiger partial charge in [0.2, 0.25) is 0 Å². The zero-order chi connectivity index (χ0) is 20.6. The number of ether oxygens (including phenoxy) is 3. The number of nitrogens with one attached hydrogen (secondary N) is 1. The van der Waals surface area contributed by atoms with E-state index < -0.39 is 0 Å². The molecule has 0 unspecified atom stereocenters. The van der Waals surface area contributed by atoms with E-state index >= 15 is 0 Å². The van der Waals surface area contributed by atoms with Gasteiger partial charge in [0.15, 0.2) is 6.61 Å². The van der Waals surface area contributed by atoms with E-state index in [9.17, 15) is 4.79 Å². The van der Waals surface area contributed by atoms with E-state index in [1.54, 1.807) is 42.5 Å². The summed E-state index contributed by atoms with van der Waals surface area (Å²) in [4.78, 5) is 12.1. The predicted molar refractivity (Wildman–Crippen MR) is 114 cm³/mol. The quantitative estimate of drug-likeness (QED) is 0.504. The van der Waals surface area contributed by atoms with E-state index in [-0.39, 0.29) is 12.5 Å². The van der Waals surface area contributed by atoms with Crippen molar-refractivity contribution in [2.24, 2.45) is 0 Å². The summed E-state index contributed by atoms with van der Waals surface area (Å²) < 4.78 is 16.7. The minimum atomic E-state index is -0.252. The molecule has 0 saturated heterocycles. The molecule has 3 rings (SSSR count). The smallest absolute Gasteiger partial charge is 0.262 e. The molecule has 29 heavy (non-hydrogen) atoms. The van der Waals surface area contributed by atoms with Crippen molar-refractivity contribution < 1.29 is 19.0 Å². The number of carbonyl (C=O) groups is 1. The standard InChI is InChI=1S/C23H22ClNO4/c1-3-27-18-8-10-20(11-9-18)29-19-6-4-17(5-7-19)25-23(26)15-28-21-12-13-22(24)16(2)14-21/h4-14H,3,15H2,1-2H3,(H,25,26). The number of amides is 1. The van der Waals surface area contributed by atoms with Gasteiger partial charge in [-0.2, -0.15) is 0 Å². The summed E-state index contributed by atoms with van der Waals surface area (Å²) in [6.45, 7) is 4.35. The molecular formula is C23H22ClNO4. The lowest BCUT2D eigenvalue weighted by molar-refractivity contribution is -0.118. The fourth-order valence-electron chi connectivity index (χ4n) is 2.57. The van der Waals surface area contributed by atoms with E-state index in [0.717, 1.165) is 11.3 Å². The lowest BCUT2D eigenvalue weighted by Gasteiger charge is -2.10. The third-order valence-corrected chi connectivity index (χ3v) is 4.43. The van der Waals surface area contributed by atoms with Crippen LogP contribution in [0.15, 0.2) is 66.7 Å². The van der Waals surface area contributed by atoms with Crippen molar-refractivity contribution in [1.29, 1.82) is 0 Å². The molecule has 0 aliphatic carbocycles. The Kier molecular flexibility index (Phi) is 6.98. The van der Waals surface area contributed by atoms with Crippen LogP contribution in [-0.2, 0) is 4.79 Å². The molecule has 150 valence electrons. The van der Waals surface area contributed by atoms with Crippen molar-refractivity contribution in [2.45, 2.75) is 13.8 Å².